The van der Waals surface area contributed by atoms with Gasteiger partial charge >= 0.3 is 5.97 Å². The maximum Gasteiger partial charge on any atom is 0.335 e. The quantitative estimate of drug-likeness (QED) is 0.897. The number of rotatable bonds is 4. The average molecular weight is 276 g/mol. The fourth-order valence-corrected chi connectivity index (χ4v) is 2.33. The number of hydrogen-bond donors (Lipinski definition) is 2. The summed E-state index contributed by atoms with van der Waals surface area (Å²) in [6.07, 6.45) is 0. The van der Waals surface area contributed by atoms with Crippen LogP contribution in [0.4, 0.5) is 0 Å². The molecule has 0 atom stereocenters. The molecule has 0 aromatic heterocycles. The third-order valence-corrected chi connectivity index (χ3v) is 3.57. The maximum atomic E-state index is 10.8. The molecule has 2 aromatic carbocycles. The van der Waals surface area contributed by atoms with E-state index in [4.69, 9.17) is 9.84 Å². The third kappa shape index (κ3) is 3.20. The summed E-state index contributed by atoms with van der Waals surface area (Å²) in [5, 5.41) is 18.6. The standard InChI is InChI=1S/C14H12O4S/c1-18-10-3-5-11(6-4-10)19-13-7-2-9(14(16)17)8-12(13)15/h2-8,15H,1H3,(H,16,17). The minimum atomic E-state index is -1.06. The highest BCUT2D eigenvalue weighted by Gasteiger charge is 2.08. The summed E-state index contributed by atoms with van der Waals surface area (Å²) < 4.78 is 5.06. The first-order chi connectivity index (χ1) is 9.10. The summed E-state index contributed by atoms with van der Waals surface area (Å²) in [6.45, 7) is 0. The smallest absolute Gasteiger partial charge is 0.335 e. The molecule has 2 aromatic rings. The molecule has 0 spiro atoms. The van der Waals surface area contributed by atoms with E-state index in [0.717, 1.165) is 10.6 Å². The summed E-state index contributed by atoms with van der Waals surface area (Å²) in [4.78, 5) is 12.3. The Morgan fingerprint density at radius 1 is 1.16 bits per heavy atom. The van der Waals surface area contributed by atoms with E-state index in [9.17, 15) is 9.90 Å². The highest BCUT2D eigenvalue weighted by atomic mass is 32.2. The van der Waals surface area contributed by atoms with Gasteiger partial charge in [-0.05, 0) is 42.5 Å². The lowest BCUT2D eigenvalue weighted by atomic mass is 10.2. The predicted molar refractivity (Wildman–Crippen MR) is 72.2 cm³/mol. The predicted octanol–water partition coefficient (Wildman–Crippen LogP) is 3.25. The van der Waals surface area contributed by atoms with Crippen LogP contribution in [0.3, 0.4) is 0 Å². The van der Waals surface area contributed by atoms with Crippen molar-refractivity contribution in [3.05, 3.63) is 48.0 Å². The molecule has 0 aliphatic heterocycles. The second-order valence-electron chi connectivity index (χ2n) is 3.77. The first-order valence-electron chi connectivity index (χ1n) is 5.48. The van der Waals surface area contributed by atoms with E-state index < -0.39 is 5.97 Å². The van der Waals surface area contributed by atoms with Crippen molar-refractivity contribution in [3.8, 4) is 11.5 Å². The van der Waals surface area contributed by atoms with E-state index in [1.807, 2.05) is 24.3 Å². The highest BCUT2D eigenvalue weighted by Crippen LogP contribution is 2.35. The molecule has 0 unspecified atom stereocenters. The van der Waals surface area contributed by atoms with Gasteiger partial charge in [0.15, 0.2) is 0 Å². The van der Waals surface area contributed by atoms with Crippen molar-refractivity contribution in [2.24, 2.45) is 0 Å². The van der Waals surface area contributed by atoms with E-state index in [0.29, 0.717) is 4.90 Å². The van der Waals surface area contributed by atoms with Crippen molar-refractivity contribution in [1.29, 1.82) is 0 Å². The van der Waals surface area contributed by atoms with Gasteiger partial charge in [0, 0.05) is 4.90 Å². The van der Waals surface area contributed by atoms with Crippen molar-refractivity contribution in [1.82, 2.24) is 0 Å². The minimum absolute atomic E-state index is 0.0410. The Balaban J connectivity index is 2.20. The fourth-order valence-electron chi connectivity index (χ4n) is 1.51. The highest BCUT2D eigenvalue weighted by molar-refractivity contribution is 7.99. The molecular formula is C14H12O4S. The van der Waals surface area contributed by atoms with Gasteiger partial charge in [-0.3, -0.25) is 0 Å². The van der Waals surface area contributed by atoms with E-state index in [2.05, 4.69) is 0 Å². The van der Waals surface area contributed by atoms with Crippen LogP contribution in [0.2, 0.25) is 0 Å². The fraction of sp³-hybridized carbons (Fsp3) is 0.0714. The van der Waals surface area contributed by atoms with Crippen molar-refractivity contribution < 1.29 is 19.7 Å². The molecular weight excluding hydrogens is 264 g/mol. The van der Waals surface area contributed by atoms with Gasteiger partial charge in [0.2, 0.25) is 0 Å². The number of carboxylic acids is 1. The van der Waals surface area contributed by atoms with Gasteiger partial charge < -0.3 is 14.9 Å². The number of phenolic OH excluding ortho intramolecular Hbond substituents is 1. The molecule has 2 rings (SSSR count). The van der Waals surface area contributed by atoms with E-state index in [-0.39, 0.29) is 11.3 Å². The summed E-state index contributed by atoms with van der Waals surface area (Å²) in [6, 6.07) is 11.7. The van der Waals surface area contributed by atoms with Gasteiger partial charge in [0.25, 0.3) is 0 Å². The van der Waals surface area contributed by atoms with Gasteiger partial charge in [-0.15, -0.1) is 0 Å². The van der Waals surface area contributed by atoms with Crippen LogP contribution in [0, 0.1) is 0 Å². The normalized spacial score (nSPS) is 10.2. The monoisotopic (exact) mass is 276 g/mol. The lowest BCUT2D eigenvalue weighted by molar-refractivity contribution is 0.0696. The summed E-state index contributed by atoms with van der Waals surface area (Å²) in [5.74, 6) is -0.341. The molecule has 0 aliphatic rings. The van der Waals surface area contributed by atoms with Crippen LogP contribution >= 0.6 is 11.8 Å². The van der Waals surface area contributed by atoms with Crippen LogP contribution in [-0.4, -0.2) is 23.3 Å². The Bertz CT molecular complexity index is 593. The number of aromatic hydroxyl groups is 1. The first-order valence-corrected chi connectivity index (χ1v) is 6.30. The topological polar surface area (TPSA) is 66.8 Å². The molecule has 0 amide bonds. The molecule has 0 radical (unpaired) electrons. The van der Waals surface area contributed by atoms with Gasteiger partial charge in [-0.25, -0.2) is 4.79 Å². The number of benzene rings is 2. The number of hydrogen-bond acceptors (Lipinski definition) is 4. The maximum absolute atomic E-state index is 10.8. The molecule has 0 aliphatic carbocycles. The van der Waals surface area contributed by atoms with Crippen LogP contribution in [0.15, 0.2) is 52.3 Å². The van der Waals surface area contributed by atoms with Crippen molar-refractivity contribution in [2.45, 2.75) is 9.79 Å². The van der Waals surface area contributed by atoms with Crippen molar-refractivity contribution in [2.75, 3.05) is 7.11 Å². The molecule has 0 saturated heterocycles. The Hall–Kier alpha value is -2.14. The number of carboxylic acid groups (broad SMARTS) is 1. The second kappa shape index (κ2) is 5.67. The Kier molecular flexibility index (Phi) is 3.97. The zero-order valence-electron chi connectivity index (χ0n) is 10.2. The van der Waals surface area contributed by atoms with Crippen LogP contribution in [0.1, 0.15) is 10.4 Å². The SMILES string of the molecule is COc1ccc(Sc2ccc(C(=O)O)cc2O)cc1. The molecule has 98 valence electrons. The summed E-state index contributed by atoms with van der Waals surface area (Å²) in [5.41, 5.74) is 0.0663. The Morgan fingerprint density at radius 2 is 1.84 bits per heavy atom. The molecule has 0 bridgehead atoms. The molecule has 2 N–H and O–H groups in total. The Labute approximate surface area is 114 Å². The molecule has 0 heterocycles. The average Bonchev–Trinajstić information content (AvgIpc) is 2.41. The van der Waals surface area contributed by atoms with Crippen LogP contribution < -0.4 is 4.74 Å². The number of phenols is 1. The lowest BCUT2D eigenvalue weighted by Gasteiger charge is -2.06. The first kappa shape index (κ1) is 13.3. The molecule has 0 saturated carbocycles. The molecule has 19 heavy (non-hydrogen) atoms. The van der Waals surface area contributed by atoms with Gasteiger partial charge in [-0.1, -0.05) is 11.8 Å². The number of aromatic carboxylic acids is 1. The number of methoxy groups -OCH3 is 1. The summed E-state index contributed by atoms with van der Waals surface area (Å²) >= 11 is 1.36. The zero-order chi connectivity index (χ0) is 13.8. The molecule has 4 nitrogen and oxygen atoms in total. The lowest BCUT2D eigenvalue weighted by Crippen LogP contribution is -1.95. The zero-order valence-corrected chi connectivity index (χ0v) is 11.0. The third-order valence-electron chi connectivity index (χ3n) is 2.49. The van der Waals surface area contributed by atoms with Crippen LogP contribution in [0.25, 0.3) is 0 Å². The second-order valence-corrected chi connectivity index (χ2v) is 4.88. The van der Waals surface area contributed by atoms with Gasteiger partial charge in [-0.2, -0.15) is 0 Å². The van der Waals surface area contributed by atoms with Gasteiger partial charge in [0.05, 0.1) is 17.6 Å². The van der Waals surface area contributed by atoms with Crippen LogP contribution in [0.5, 0.6) is 11.5 Å². The summed E-state index contributed by atoms with van der Waals surface area (Å²) in [7, 11) is 1.60. The largest absolute Gasteiger partial charge is 0.507 e. The van der Waals surface area contributed by atoms with E-state index >= 15 is 0 Å². The van der Waals surface area contributed by atoms with E-state index in [1.54, 1.807) is 13.2 Å². The van der Waals surface area contributed by atoms with Crippen LogP contribution in [-0.2, 0) is 0 Å². The van der Waals surface area contributed by atoms with E-state index in [1.165, 1.54) is 23.9 Å². The number of carbonyl (C=O) groups is 1. The minimum Gasteiger partial charge on any atom is -0.507 e. The Morgan fingerprint density at radius 3 is 2.37 bits per heavy atom. The van der Waals surface area contributed by atoms with Crippen molar-refractivity contribution >= 4 is 17.7 Å². The van der Waals surface area contributed by atoms with Crippen molar-refractivity contribution in [3.63, 3.8) is 0 Å². The number of ether oxygens (including phenoxy) is 1. The molecule has 0 fully saturated rings. The van der Waals surface area contributed by atoms with Gasteiger partial charge in [0.1, 0.15) is 11.5 Å². The molecule has 5 heteroatoms.